The molecule has 0 bridgehead atoms. The van der Waals surface area contributed by atoms with Gasteiger partial charge in [-0.05, 0) is 25.7 Å². The third-order valence-corrected chi connectivity index (χ3v) is 4.55. The van der Waals surface area contributed by atoms with Crippen LogP contribution in [0.15, 0.2) is 0 Å². The summed E-state index contributed by atoms with van der Waals surface area (Å²) in [6, 6.07) is 1.11. The van der Waals surface area contributed by atoms with Crippen LogP contribution in [0.25, 0.3) is 0 Å². The van der Waals surface area contributed by atoms with Crippen LogP contribution in [0.5, 0.6) is 0 Å². The van der Waals surface area contributed by atoms with Crippen molar-refractivity contribution < 1.29 is 4.79 Å². The van der Waals surface area contributed by atoms with Crippen molar-refractivity contribution in [2.75, 3.05) is 0 Å². The summed E-state index contributed by atoms with van der Waals surface area (Å²) >= 11 is 0. The standard InChI is InChI=1S/C15H27NO/c1-13(17)16(15-11-7-4-8-12-15)14-9-5-2-3-6-10-14/h14-15H,2-12H2,1H3. The average molecular weight is 237 g/mol. The molecule has 0 aromatic rings. The van der Waals surface area contributed by atoms with E-state index in [-0.39, 0.29) is 0 Å². The highest BCUT2D eigenvalue weighted by molar-refractivity contribution is 5.74. The number of hydrogen-bond acceptors (Lipinski definition) is 1. The van der Waals surface area contributed by atoms with Crippen LogP contribution in [0.2, 0.25) is 0 Å². The third kappa shape index (κ3) is 3.46. The maximum atomic E-state index is 12.0. The minimum absolute atomic E-state index is 0.323. The Morgan fingerprint density at radius 2 is 1.12 bits per heavy atom. The minimum Gasteiger partial charge on any atom is -0.337 e. The summed E-state index contributed by atoms with van der Waals surface area (Å²) in [4.78, 5) is 14.2. The van der Waals surface area contributed by atoms with Gasteiger partial charge in [-0.3, -0.25) is 4.79 Å². The topological polar surface area (TPSA) is 20.3 Å². The Morgan fingerprint density at radius 3 is 1.47 bits per heavy atom. The van der Waals surface area contributed by atoms with Crippen molar-refractivity contribution >= 4 is 5.91 Å². The molecule has 2 fully saturated rings. The molecular formula is C15H27NO. The van der Waals surface area contributed by atoms with Crippen LogP contribution in [0.1, 0.15) is 77.6 Å². The number of amides is 1. The van der Waals surface area contributed by atoms with Crippen molar-refractivity contribution in [2.45, 2.75) is 89.6 Å². The largest absolute Gasteiger partial charge is 0.337 e. The monoisotopic (exact) mass is 237 g/mol. The Labute approximate surface area is 106 Å². The van der Waals surface area contributed by atoms with Crippen LogP contribution in [0.3, 0.4) is 0 Å². The molecule has 0 N–H and O–H groups in total. The molecule has 0 saturated heterocycles. The van der Waals surface area contributed by atoms with Crippen LogP contribution in [0, 0.1) is 0 Å². The fraction of sp³-hybridized carbons (Fsp3) is 0.933. The molecule has 2 heteroatoms. The van der Waals surface area contributed by atoms with Crippen molar-refractivity contribution in [1.29, 1.82) is 0 Å². The quantitative estimate of drug-likeness (QED) is 0.667. The van der Waals surface area contributed by atoms with Crippen molar-refractivity contribution in [3.8, 4) is 0 Å². The number of carbonyl (C=O) groups is 1. The Kier molecular flexibility index (Phi) is 4.87. The van der Waals surface area contributed by atoms with Crippen molar-refractivity contribution in [2.24, 2.45) is 0 Å². The highest BCUT2D eigenvalue weighted by Gasteiger charge is 2.29. The van der Waals surface area contributed by atoms with E-state index in [1.165, 1.54) is 70.6 Å². The van der Waals surface area contributed by atoms with E-state index in [9.17, 15) is 4.79 Å². The second kappa shape index (κ2) is 6.42. The van der Waals surface area contributed by atoms with Crippen molar-refractivity contribution in [3.63, 3.8) is 0 Å². The Morgan fingerprint density at radius 1 is 0.765 bits per heavy atom. The molecule has 0 aromatic heterocycles. The first kappa shape index (κ1) is 12.9. The average Bonchev–Trinajstić information content (AvgIpc) is 2.59. The summed E-state index contributed by atoms with van der Waals surface area (Å²) in [5, 5.41) is 0. The first-order chi connectivity index (χ1) is 8.29. The SMILES string of the molecule is CC(=O)N(C1CCCCCC1)C1CCCCC1. The van der Waals surface area contributed by atoms with Gasteiger partial charge in [0, 0.05) is 19.0 Å². The van der Waals surface area contributed by atoms with Crippen LogP contribution < -0.4 is 0 Å². The van der Waals surface area contributed by atoms with Gasteiger partial charge in [-0.1, -0.05) is 44.9 Å². The van der Waals surface area contributed by atoms with Crippen molar-refractivity contribution in [1.82, 2.24) is 4.90 Å². The summed E-state index contributed by atoms with van der Waals surface area (Å²) in [6.07, 6.45) is 14.4. The van der Waals surface area contributed by atoms with Gasteiger partial charge >= 0.3 is 0 Å². The van der Waals surface area contributed by atoms with E-state index in [4.69, 9.17) is 0 Å². The fourth-order valence-electron chi connectivity index (χ4n) is 3.71. The summed E-state index contributed by atoms with van der Waals surface area (Å²) in [5.41, 5.74) is 0. The molecule has 1 amide bonds. The van der Waals surface area contributed by atoms with E-state index >= 15 is 0 Å². The van der Waals surface area contributed by atoms with Gasteiger partial charge in [0.15, 0.2) is 0 Å². The lowest BCUT2D eigenvalue weighted by Crippen LogP contribution is -2.46. The molecule has 0 radical (unpaired) electrons. The number of rotatable bonds is 2. The van der Waals surface area contributed by atoms with E-state index in [0.29, 0.717) is 18.0 Å². The van der Waals surface area contributed by atoms with Gasteiger partial charge < -0.3 is 4.90 Å². The Hall–Kier alpha value is -0.530. The van der Waals surface area contributed by atoms with Gasteiger partial charge in [0.1, 0.15) is 0 Å². The van der Waals surface area contributed by atoms with Gasteiger partial charge in [-0.15, -0.1) is 0 Å². The molecule has 2 aliphatic rings. The van der Waals surface area contributed by atoms with Crippen LogP contribution in [0.4, 0.5) is 0 Å². The molecule has 0 heterocycles. The zero-order valence-electron chi connectivity index (χ0n) is 11.3. The van der Waals surface area contributed by atoms with Crippen LogP contribution in [-0.2, 0) is 4.79 Å². The van der Waals surface area contributed by atoms with E-state index in [1.54, 1.807) is 6.92 Å². The molecule has 2 saturated carbocycles. The molecular weight excluding hydrogens is 210 g/mol. The summed E-state index contributed by atoms with van der Waals surface area (Å²) in [6.45, 7) is 1.78. The predicted molar refractivity (Wildman–Crippen MR) is 70.9 cm³/mol. The maximum absolute atomic E-state index is 12.0. The summed E-state index contributed by atoms with van der Waals surface area (Å²) in [5.74, 6) is 0.323. The molecule has 0 spiro atoms. The van der Waals surface area contributed by atoms with Gasteiger partial charge in [-0.2, -0.15) is 0 Å². The first-order valence-electron chi connectivity index (χ1n) is 7.58. The second-order valence-corrected chi connectivity index (χ2v) is 5.86. The molecule has 2 rings (SSSR count). The highest BCUT2D eigenvalue weighted by Crippen LogP contribution is 2.29. The Balaban J connectivity index is 2.01. The minimum atomic E-state index is 0.323. The summed E-state index contributed by atoms with van der Waals surface area (Å²) in [7, 11) is 0. The van der Waals surface area contributed by atoms with E-state index in [2.05, 4.69) is 4.90 Å². The maximum Gasteiger partial charge on any atom is 0.219 e. The molecule has 17 heavy (non-hydrogen) atoms. The third-order valence-electron chi connectivity index (χ3n) is 4.55. The second-order valence-electron chi connectivity index (χ2n) is 5.86. The molecule has 98 valence electrons. The lowest BCUT2D eigenvalue weighted by atomic mass is 9.92. The first-order valence-corrected chi connectivity index (χ1v) is 7.58. The van der Waals surface area contributed by atoms with Gasteiger partial charge in [0.2, 0.25) is 5.91 Å². The molecule has 0 unspecified atom stereocenters. The zero-order valence-corrected chi connectivity index (χ0v) is 11.3. The fourth-order valence-corrected chi connectivity index (χ4v) is 3.71. The lowest BCUT2D eigenvalue weighted by Gasteiger charge is -2.39. The molecule has 2 nitrogen and oxygen atoms in total. The predicted octanol–water partition coefficient (Wildman–Crippen LogP) is 3.89. The molecule has 0 aromatic carbocycles. The Bertz CT molecular complexity index is 237. The van der Waals surface area contributed by atoms with Crippen LogP contribution >= 0.6 is 0 Å². The van der Waals surface area contributed by atoms with Gasteiger partial charge in [0.05, 0.1) is 0 Å². The van der Waals surface area contributed by atoms with Gasteiger partial charge in [-0.25, -0.2) is 0 Å². The van der Waals surface area contributed by atoms with Gasteiger partial charge in [0.25, 0.3) is 0 Å². The van der Waals surface area contributed by atoms with Crippen molar-refractivity contribution in [3.05, 3.63) is 0 Å². The molecule has 0 aliphatic heterocycles. The van der Waals surface area contributed by atoms with E-state index in [1.807, 2.05) is 0 Å². The molecule has 2 aliphatic carbocycles. The van der Waals surface area contributed by atoms with Crippen LogP contribution in [-0.4, -0.2) is 22.9 Å². The van der Waals surface area contributed by atoms with E-state index < -0.39 is 0 Å². The van der Waals surface area contributed by atoms with E-state index in [0.717, 1.165) is 0 Å². The lowest BCUT2D eigenvalue weighted by molar-refractivity contribution is -0.135. The smallest absolute Gasteiger partial charge is 0.219 e. The number of hydrogen-bond donors (Lipinski definition) is 0. The number of nitrogens with zero attached hydrogens (tertiary/aromatic N) is 1. The zero-order chi connectivity index (χ0) is 12.1. The number of carbonyl (C=O) groups excluding carboxylic acids is 1. The normalized spacial score (nSPS) is 24.3. The molecule has 0 atom stereocenters. The summed E-state index contributed by atoms with van der Waals surface area (Å²) < 4.78 is 0. The highest BCUT2D eigenvalue weighted by atomic mass is 16.2.